The SMILES string of the molecule is c1ccc(-c2cc(-c3ccccc3)cc(-n3c4ccc(-c5cccc6oc7ccc(-c8ccc9c(c8)c8ccccc8n9-c8ccccc8)cc7c56)cc4c4ccc5ccccc5c43)c2)cc1. The summed E-state index contributed by atoms with van der Waals surface area (Å²) in [5.41, 5.74) is 18.2. The zero-order valence-corrected chi connectivity index (χ0v) is 36.4. The van der Waals surface area contributed by atoms with Crippen LogP contribution in [0.1, 0.15) is 0 Å². The average Bonchev–Trinajstić information content (AvgIpc) is 4.06. The number of furan rings is 1. The van der Waals surface area contributed by atoms with Gasteiger partial charge in [0.25, 0.3) is 0 Å². The van der Waals surface area contributed by atoms with Gasteiger partial charge in [-0.25, -0.2) is 0 Å². The zero-order chi connectivity index (χ0) is 44.0. The fourth-order valence-electron chi connectivity index (χ4n) is 10.8. The van der Waals surface area contributed by atoms with E-state index >= 15 is 0 Å². The van der Waals surface area contributed by atoms with Gasteiger partial charge in [-0.15, -0.1) is 0 Å². The molecule has 0 spiro atoms. The molecule has 0 aliphatic heterocycles. The van der Waals surface area contributed by atoms with Crippen molar-refractivity contribution >= 4 is 76.3 Å². The van der Waals surface area contributed by atoms with Crippen molar-refractivity contribution in [1.82, 2.24) is 9.13 Å². The maximum Gasteiger partial charge on any atom is 0.136 e. The molecule has 14 rings (SSSR count). The minimum atomic E-state index is 0.879. The van der Waals surface area contributed by atoms with Gasteiger partial charge in [0.1, 0.15) is 11.2 Å². The Labute approximate surface area is 386 Å². The number of nitrogens with zero attached hydrogens (tertiary/aromatic N) is 2. The minimum absolute atomic E-state index is 0.879. The number of rotatable bonds is 6. The zero-order valence-electron chi connectivity index (χ0n) is 36.4. The largest absolute Gasteiger partial charge is 0.456 e. The summed E-state index contributed by atoms with van der Waals surface area (Å²) in [6, 6.07) is 88.3. The van der Waals surface area contributed by atoms with E-state index in [-0.39, 0.29) is 0 Å². The second-order valence-corrected chi connectivity index (χ2v) is 17.7. The fraction of sp³-hybridized carbons (Fsp3) is 0. The first kappa shape index (κ1) is 37.5. The van der Waals surface area contributed by atoms with E-state index in [1.165, 1.54) is 76.7 Å². The second-order valence-electron chi connectivity index (χ2n) is 17.7. The van der Waals surface area contributed by atoms with E-state index in [0.29, 0.717) is 0 Å². The first-order valence-electron chi connectivity index (χ1n) is 23.0. The van der Waals surface area contributed by atoms with E-state index in [1.807, 2.05) is 0 Å². The molecule has 3 nitrogen and oxygen atoms in total. The lowest BCUT2D eigenvalue weighted by atomic mass is 9.96. The summed E-state index contributed by atoms with van der Waals surface area (Å²) in [7, 11) is 0. The molecule has 312 valence electrons. The van der Waals surface area contributed by atoms with Gasteiger partial charge in [-0.3, -0.25) is 0 Å². The number of para-hydroxylation sites is 2. The third-order valence-corrected chi connectivity index (χ3v) is 13.9. The summed E-state index contributed by atoms with van der Waals surface area (Å²) < 4.78 is 11.5. The molecule has 3 heterocycles. The summed E-state index contributed by atoms with van der Waals surface area (Å²) in [5, 5.41) is 9.57. The number of aromatic nitrogens is 2. The quantitative estimate of drug-likeness (QED) is 0.163. The van der Waals surface area contributed by atoms with Gasteiger partial charge in [0.15, 0.2) is 0 Å². The van der Waals surface area contributed by atoms with Gasteiger partial charge >= 0.3 is 0 Å². The molecule has 67 heavy (non-hydrogen) atoms. The van der Waals surface area contributed by atoms with Crippen LogP contribution in [0.15, 0.2) is 247 Å². The lowest BCUT2D eigenvalue weighted by molar-refractivity contribution is 0.669. The third kappa shape index (κ3) is 5.92. The molecule has 3 aromatic heterocycles. The highest BCUT2D eigenvalue weighted by atomic mass is 16.3. The molecule has 0 aliphatic carbocycles. The van der Waals surface area contributed by atoms with Crippen LogP contribution in [0.3, 0.4) is 0 Å². The Bertz CT molecular complexity index is 4190. The Morgan fingerprint density at radius 3 is 1.61 bits per heavy atom. The van der Waals surface area contributed by atoms with E-state index in [4.69, 9.17) is 4.42 Å². The maximum atomic E-state index is 6.64. The van der Waals surface area contributed by atoms with Crippen molar-refractivity contribution in [3.8, 4) is 55.9 Å². The minimum Gasteiger partial charge on any atom is -0.456 e. The van der Waals surface area contributed by atoms with Gasteiger partial charge in [0, 0.05) is 49.1 Å². The van der Waals surface area contributed by atoms with E-state index in [2.05, 4.69) is 252 Å². The molecule has 0 aliphatic rings. The molecule has 0 N–H and O–H groups in total. The number of hydrogen-bond acceptors (Lipinski definition) is 1. The van der Waals surface area contributed by atoms with Crippen molar-refractivity contribution in [2.75, 3.05) is 0 Å². The van der Waals surface area contributed by atoms with Gasteiger partial charge in [-0.2, -0.15) is 0 Å². The van der Waals surface area contributed by atoms with Crippen LogP contribution in [-0.2, 0) is 0 Å². The highest BCUT2D eigenvalue weighted by molar-refractivity contribution is 6.20. The molecule has 0 saturated heterocycles. The van der Waals surface area contributed by atoms with Crippen molar-refractivity contribution in [2.45, 2.75) is 0 Å². The van der Waals surface area contributed by atoms with E-state index in [1.54, 1.807) is 0 Å². The van der Waals surface area contributed by atoms with Gasteiger partial charge in [0.2, 0.25) is 0 Å². The van der Waals surface area contributed by atoms with Crippen molar-refractivity contribution in [1.29, 1.82) is 0 Å². The highest BCUT2D eigenvalue weighted by Crippen LogP contribution is 2.44. The highest BCUT2D eigenvalue weighted by Gasteiger charge is 2.20. The predicted octanol–water partition coefficient (Wildman–Crippen LogP) is 17.6. The monoisotopic (exact) mass is 852 g/mol. The molecular weight excluding hydrogens is 813 g/mol. The van der Waals surface area contributed by atoms with Crippen LogP contribution in [0.25, 0.3) is 132 Å². The van der Waals surface area contributed by atoms with Crippen LogP contribution in [-0.4, -0.2) is 9.13 Å². The summed E-state index contributed by atoms with van der Waals surface area (Å²) in [6.45, 7) is 0. The smallest absolute Gasteiger partial charge is 0.136 e. The van der Waals surface area contributed by atoms with Crippen LogP contribution in [0.2, 0.25) is 0 Å². The first-order chi connectivity index (χ1) is 33.2. The van der Waals surface area contributed by atoms with Gasteiger partial charge in [-0.1, -0.05) is 164 Å². The Balaban J connectivity index is 0.961. The molecule has 0 saturated carbocycles. The predicted molar refractivity (Wildman–Crippen MR) is 282 cm³/mol. The normalized spacial score (nSPS) is 11.9. The Morgan fingerprint density at radius 2 is 0.851 bits per heavy atom. The summed E-state index contributed by atoms with van der Waals surface area (Å²) in [5.74, 6) is 0. The molecule has 0 unspecified atom stereocenters. The van der Waals surface area contributed by atoms with Crippen LogP contribution in [0.4, 0.5) is 0 Å². The Morgan fingerprint density at radius 1 is 0.269 bits per heavy atom. The molecule has 3 heteroatoms. The molecule has 0 amide bonds. The molecule has 0 atom stereocenters. The Hall–Kier alpha value is -8.92. The third-order valence-electron chi connectivity index (χ3n) is 13.9. The first-order valence-corrected chi connectivity index (χ1v) is 23.0. The maximum absolute atomic E-state index is 6.64. The fourth-order valence-corrected chi connectivity index (χ4v) is 10.8. The van der Waals surface area contributed by atoms with Crippen molar-refractivity contribution < 1.29 is 4.42 Å². The van der Waals surface area contributed by atoms with Crippen molar-refractivity contribution in [3.05, 3.63) is 243 Å². The number of benzene rings is 11. The molecular formula is C64H40N2O. The van der Waals surface area contributed by atoms with Crippen molar-refractivity contribution in [3.63, 3.8) is 0 Å². The molecule has 0 fully saturated rings. The van der Waals surface area contributed by atoms with Gasteiger partial charge in [-0.05, 0) is 129 Å². The van der Waals surface area contributed by atoms with E-state index in [0.717, 1.165) is 55.5 Å². The number of hydrogen-bond donors (Lipinski definition) is 0. The average molecular weight is 853 g/mol. The molecule has 14 aromatic rings. The van der Waals surface area contributed by atoms with Gasteiger partial charge < -0.3 is 13.6 Å². The van der Waals surface area contributed by atoms with Gasteiger partial charge in [0.05, 0.1) is 22.1 Å². The number of fused-ring (bicyclic) bond motifs is 11. The topological polar surface area (TPSA) is 23.0 Å². The second kappa shape index (κ2) is 14.8. The van der Waals surface area contributed by atoms with Crippen LogP contribution in [0, 0.1) is 0 Å². The van der Waals surface area contributed by atoms with Crippen LogP contribution in [0.5, 0.6) is 0 Å². The summed E-state index contributed by atoms with van der Waals surface area (Å²) in [4.78, 5) is 0. The molecule has 11 aromatic carbocycles. The van der Waals surface area contributed by atoms with Crippen LogP contribution >= 0.6 is 0 Å². The molecule has 0 radical (unpaired) electrons. The summed E-state index contributed by atoms with van der Waals surface area (Å²) >= 11 is 0. The van der Waals surface area contributed by atoms with Crippen LogP contribution < -0.4 is 0 Å². The van der Waals surface area contributed by atoms with E-state index < -0.39 is 0 Å². The summed E-state index contributed by atoms with van der Waals surface area (Å²) in [6.07, 6.45) is 0. The lowest BCUT2D eigenvalue weighted by Gasteiger charge is -2.15. The molecule has 0 bridgehead atoms. The van der Waals surface area contributed by atoms with E-state index in [9.17, 15) is 0 Å². The standard InChI is InChI=1S/C64H40N2O/c1-4-15-41(16-5-1)47-35-48(42-17-6-2-7-18-42)37-50(36-47)66-60-33-29-46(40-56(60)54-31-27-43-19-10-11-22-52(43)64(54)66)51-24-14-26-62-63(51)57-39-45(30-34-61(57)67-62)44-28-32-59-55(38-44)53-23-12-13-25-58(53)65(59)49-20-8-3-9-21-49/h1-40H. The lowest BCUT2D eigenvalue weighted by Crippen LogP contribution is -1.96. The van der Waals surface area contributed by atoms with Crippen molar-refractivity contribution in [2.24, 2.45) is 0 Å². The Kier molecular flexibility index (Phi) is 8.28.